The van der Waals surface area contributed by atoms with Gasteiger partial charge in [-0.3, -0.25) is 0 Å². The Morgan fingerprint density at radius 3 is 2.58 bits per heavy atom. The van der Waals surface area contributed by atoms with Crippen LogP contribution < -0.4 is 4.90 Å². The molecule has 2 unspecified atom stereocenters. The molecule has 0 radical (unpaired) electrons. The monoisotopic (exact) mass is 271 g/mol. The second kappa shape index (κ2) is 4.40. The zero-order chi connectivity index (χ0) is 13.6. The predicted octanol–water partition coefficient (Wildman–Crippen LogP) is 3.19. The lowest BCUT2D eigenvalue weighted by molar-refractivity contribution is -0.137. The highest BCUT2D eigenvalue weighted by Crippen LogP contribution is 2.44. The minimum Gasteiger partial charge on any atom is -0.392 e. The van der Waals surface area contributed by atoms with Crippen LogP contribution in [0.3, 0.4) is 0 Å². The van der Waals surface area contributed by atoms with Crippen molar-refractivity contribution in [1.82, 2.24) is 0 Å². The van der Waals surface area contributed by atoms with Crippen LogP contribution in [-0.4, -0.2) is 17.7 Å². The van der Waals surface area contributed by atoms with Crippen LogP contribution in [0.4, 0.5) is 18.9 Å². The van der Waals surface area contributed by atoms with Crippen molar-refractivity contribution in [2.24, 2.45) is 5.92 Å². The zero-order valence-corrected chi connectivity index (χ0v) is 10.5. The van der Waals surface area contributed by atoms with E-state index in [-0.39, 0.29) is 18.3 Å². The van der Waals surface area contributed by atoms with Crippen LogP contribution in [0.15, 0.2) is 18.2 Å². The first-order valence-corrected chi connectivity index (χ1v) is 6.56. The summed E-state index contributed by atoms with van der Waals surface area (Å²) in [5.41, 5.74) is -0.0380. The van der Waals surface area contributed by atoms with Gasteiger partial charge in [0.1, 0.15) is 0 Å². The van der Waals surface area contributed by atoms with Gasteiger partial charge < -0.3 is 10.0 Å². The quantitative estimate of drug-likeness (QED) is 0.893. The van der Waals surface area contributed by atoms with Crippen molar-refractivity contribution in [1.29, 1.82) is 0 Å². The number of alkyl halides is 3. The van der Waals surface area contributed by atoms with E-state index in [1.54, 1.807) is 6.07 Å². The van der Waals surface area contributed by atoms with Gasteiger partial charge in [-0.2, -0.15) is 13.2 Å². The minimum atomic E-state index is -4.37. The average molecular weight is 271 g/mol. The fourth-order valence-electron chi connectivity index (χ4n) is 3.38. The molecule has 5 heteroatoms. The van der Waals surface area contributed by atoms with E-state index in [1.165, 1.54) is 6.07 Å². The van der Waals surface area contributed by atoms with E-state index < -0.39 is 11.7 Å². The number of piperidine rings is 1. The first-order valence-electron chi connectivity index (χ1n) is 6.56. The summed E-state index contributed by atoms with van der Waals surface area (Å²) in [4.78, 5) is 1.90. The van der Waals surface area contributed by atoms with Crippen LogP contribution in [0.1, 0.15) is 30.4 Å². The van der Waals surface area contributed by atoms with Gasteiger partial charge in [-0.15, -0.1) is 0 Å². The van der Waals surface area contributed by atoms with Gasteiger partial charge >= 0.3 is 6.18 Å². The molecule has 1 saturated carbocycles. The number of benzene rings is 1. The topological polar surface area (TPSA) is 23.5 Å². The summed E-state index contributed by atoms with van der Waals surface area (Å²) < 4.78 is 39.5. The number of fused-ring (bicyclic) bond motifs is 2. The summed E-state index contributed by atoms with van der Waals surface area (Å²) in [6, 6.07) is 4.42. The molecule has 2 atom stereocenters. The molecule has 19 heavy (non-hydrogen) atoms. The van der Waals surface area contributed by atoms with Crippen LogP contribution in [0.5, 0.6) is 0 Å². The van der Waals surface area contributed by atoms with Gasteiger partial charge in [-0.1, -0.05) is 6.07 Å². The van der Waals surface area contributed by atoms with Crippen LogP contribution in [-0.2, 0) is 12.8 Å². The van der Waals surface area contributed by atoms with E-state index in [4.69, 9.17) is 5.11 Å². The highest BCUT2D eigenvalue weighted by atomic mass is 19.4. The molecule has 1 saturated heterocycles. The fourth-order valence-corrected chi connectivity index (χ4v) is 3.38. The number of hydrogen-bond acceptors (Lipinski definition) is 2. The standard InChI is InChI=1S/C14H16F3NO/c15-14(16,17)12-6-10(8-19)2-4-13(12)18-7-9-1-3-11(18)5-9/h2,4,6,9,11,19H,1,3,5,7-8H2. The van der Waals surface area contributed by atoms with E-state index in [0.717, 1.165) is 31.9 Å². The lowest BCUT2D eigenvalue weighted by atomic mass is 10.0. The summed E-state index contributed by atoms with van der Waals surface area (Å²) in [6.45, 7) is 0.363. The van der Waals surface area contributed by atoms with Gasteiger partial charge in [0.25, 0.3) is 0 Å². The van der Waals surface area contributed by atoms with Crippen LogP contribution >= 0.6 is 0 Å². The largest absolute Gasteiger partial charge is 0.418 e. The maximum atomic E-state index is 13.2. The molecule has 104 valence electrons. The van der Waals surface area contributed by atoms with Gasteiger partial charge in [0.2, 0.25) is 0 Å². The van der Waals surface area contributed by atoms with Crippen molar-refractivity contribution < 1.29 is 18.3 Å². The second-order valence-corrected chi connectivity index (χ2v) is 5.49. The molecule has 2 nitrogen and oxygen atoms in total. The molecule has 1 aromatic rings. The average Bonchev–Trinajstić information content (AvgIpc) is 2.99. The lowest BCUT2D eigenvalue weighted by Crippen LogP contribution is -2.33. The van der Waals surface area contributed by atoms with Crippen LogP contribution in [0.2, 0.25) is 0 Å². The van der Waals surface area contributed by atoms with Gasteiger partial charge in [0, 0.05) is 18.3 Å². The Labute approximate surface area is 109 Å². The highest BCUT2D eigenvalue weighted by molar-refractivity contribution is 5.58. The Kier molecular flexibility index (Phi) is 2.96. The molecule has 2 bridgehead atoms. The number of anilines is 1. The van der Waals surface area contributed by atoms with Gasteiger partial charge in [-0.05, 0) is 42.9 Å². The van der Waals surface area contributed by atoms with Crippen molar-refractivity contribution in [2.45, 2.75) is 38.1 Å². The molecular formula is C14H16F3NO. The SMILES string of the molecule is OCc1ccc(N2CC3CCC2C3)c(C(F)(F)F)c1. The van der Waals surface area contributed by atoms with E-state index in [2.05, 4.69) is 0 Å². The normalized spacial score (nSPS) is 26.2. The first-order chi connectivity index (χ1) is 8.99. The molecular weight excluding hydrogens is 255 g/mol. The third kappa shape index (κ3) is 2.20. The molecule has 2 fully saturated rings. The molecule has 0 amide bonds. The number of halogens is 3. The summed E-state index contributed by atoms with van der Waals surface area (Å²) in [5.74, 6) is 0.545. The zero-order valence-electron chi connectivity index (χ0n) is 10.5. The van der Waals surface area contributed by atoms with Gasteiger partial charge in [0.05, 0.1) is 12.2 Å². The highest BCUT2D eigenvalue weighted by Gasteiger charge is 2.42. The third-order valence-electron chi connectivity index (χ3n) is 4.27. The molecule has 3 rings (SSSR count). The molecule has 1 aliphatic heterocycles. The van der Waals surface area contributed by atoms with Crippen molar-refractivity contribution in [3.63, 3.8) is 0 Å². The molecule has 2 aliphatic rings. The van der Waals surface area contributed by atoms with E-state index in [9.17, 15) is 13.2 Å². The van der Waals surface area contributed by atoms with E-state index >= 15 is 0 Å². The molecule has 1 N–H and O–H groups in total. The van der Waals surface area contributed by atoms with E-state index in [0.29, 0.717) is 11.5 Å². The number of aliphatic hydroxyl groups excluding tert-OH is 1. The lowest BCUT2D eigenvalue weighted by Gasteiger charge is -2.31. The van der Waals surface area contributed by atoms with Gasteiger partial charge in [0.15, 0.2) is 0 Å². The number of aliphatic hydroxyl groups is 1. The van der Waals surface area contributed by atoms with Gasteiger partial charge in [-0.25, -0.2) is 0 Å². The van der Waals surface area contributed by atoms with Crippen LogP contribution in [0.25, 0.3) is 0 Å². The minimum absolute atomic E-state index is 0.256. The van der Waals surface area contributed by atoms with Crippen molar-refractivity contribution >= 4 is 5.69 Å². The molecule has 0 spiro atoms. The number of rotatable bonds is 2. The number of hydrogen-bond donors (Lipinski definition) is 1. The van der Waals surface area contributed by atoms with Crippen LogP contribution in [0, 0.1) is 5.92 Å². The molecule has 1 heterocycles. The molecule has 1 aliphatic carbocycles. The molecule has 1 aromatic carbocycles. The summed E-state index contributed by atoms with van der Waals surface area (Å²) >= 11 is 0. The Morgan fingerprint density at radius 2 is 2.05 bits per heavy atom. The fraction of sp³-hybridized carbons (Fsp3) is 0.571. The maximum absolute atomic E-state index is 13.2. The Balaban J connectivity index is 2.01. The second-order valence-electron chi connectivity index (χ2n) is 5.49. The smallest absolute Gasteiger partial charge is 0.392 e. The summed E-state index contributed by atoms with van der Waals surface area (Å²) in [7, 11) is 0. The van der Waals surface area contributed by atoms with E-state index in [1.807, 2.05) is 4.90 Å². The van der Waals surface area contributed by atoms with Crippen molar-refractivity contribution in [3.8, 4) is 0 Å². The number of nitrogens with zero attached hydrogens (tertiary/aromatic N) is 1. The third-order valence-corrected chi connectivity index (χ3v) is 4.27. The van der Waals surface area contributed by atoms with Crippen molar-refractivity contribution in [2.75, 3.05) is 11.4 Å². The first kappa shape index (κ1) is 12.8. The maximum Gasteiger partial charge on any atom is 0.418 e. The predicted molar refractivity (Wildman–Crippen MR) is 65.8 cm³/mol. The molecule has 0 aromatic heterocycles. The Bertz CT molecular complexity index is 486. The summed E-state index contributed by atoms with van der Waals surface area (Å²) in [6.07, 6.45) is -1.23. The Hall–Kier alpha value is -1.23. The Morgan fingerprint density at radius 1 is 1.26 bits per heavy atom. The van der Waals surface area contributed by atoms with Crippen molar-refractivity contribution in [3.05, 3.63) is 29.3 Å². The summed E-state index contributed by atoms with van der Waals surface area (Å²) in [5, 5.41) is 9.01.